The fraction of sp³-hybridized carbons (Fsp3) is 0.667. The number of nitrogens with zero attached hydrogens (tertiary/aromatic N) is 2. The number of hydrogen-bond donors (Lipinski definition) is 1. The summed E-state index contributed by atoms with van der Waals surface area (Å²) in [6, 6.07) is 2.11. The molecule has 0 unspecified atom stereocenters. The third kappa shape index (κ3) is 4.79. The summed E-state index contributed by atoms with van der Waals surface area (Å²) in [6.07, 6.45) is 1.83. The summed E-state index contributed by atoms with van der Waals surface area (Å²) >= 11 is 0. The Morgan fingerprint density at radius 1 is 1.25 bits per heavy atom. The van der Waals surface area contributed by atoms with Crippen LogP contribution in [0, 0.1) is 0 Å². The Bertz CT molecular complexity index is 296. The van der Waals surface area contributed by atoms with Crippen LogP contribution in [0.5, 0.6) is 0 Å². The molecule has 0 aliphatic heterocycles. The standard InChI is InChI=1S/C12H23N3O/c1-13-8-11-7-12(16-10-11)9-15(4)6-5-14(2)3/h7,10,13H,5-6,8-9H2,1-4H3. The minimum atomic E-state index is 0.866. The maximum absolute atomic E-state index is 5.50. The van der Waals surface area contributed by atoms with Crippen LogP contribution in [0.15, 0.2) is 16.7 Å². The molecule has 1 aromatic heterocycles. The number of likely N-dealkylation sites (N-methyl/N-ethyl adjacent to an activating group) is 2. The summed E-state index contributed by atoms with van der Waals surface area (Å²) < 4.78 is 5.50. The van der Waals surface area contributed by atoms with Crippen LogP contribution in [0.2, 0.25) is 0 Å². The largest absolute Gasteiger partial charge is 0.468 e. The second-order valence-electron chi connectivity index (χ2n) is 4.49. The van der Waals surface area contributed by atoms with Gasteiger partial charge in [0.25, 0.3) is 0 Å². The highest BCUT2D eigenvalue weighted by Gasteiger charge is 2.05. The maximum atomic E-state index is 5.50. The topological polar surface area (TPSA) is 31.7 Å². The summed E-state index contributed by atoms with van der Waals surface area (Å²) in [5, 5.41) is 3.11. The highest BCUT2D eigenvalue weighted by Crippen LogP contribution is 2.09. The molecule has 0 fully saturated rings. The van der Waals surface area contributed by atoms with Crippen LogP contribution >= 0.6 is 0 Å². The molecule has 0 aromatic carbocycles. The van der Waals surface area contributed by atoms with E-state index in [-0.39, 0.29) is 0 Å². The SMILES string of the molecule is CNCc1coc(CN(C)CCN(C)C)c1. The molecule has 0 saturated carbocycles. The second kappa shape index (κ2) is 6.68. The molecule has 1 heterocycles. The van der Waals surface area contributed by atoms with Gasteiger partial charge in [-0.3, -0.25) is 4.90 Å². The zero-order valence-electron chi connectivity index (χ0n) is 10.8. The first-order valence-electron chi connectivity index (χ1n) is 5.66. The second-order valence-corrected chi connectivity index (χ2v) is 4.49. The highest BCUT2D eigenvalue weighted by atomic mass is 16.3. The first-order chi connectivity index (χ1) is 7.61. The van der Waals surface area contributed by atoms with E-state index in [2.05, 4.69) is 42.3 Å². The van der Waals surface area contributed by atoms with E-state index in [1.807, 2.05) is 13.3 Å². The Balaban J connectivity index is 2.34. The van der Waals surface area contributed by atoms with Crippen LogP contribution < -0.4 is 5.32 Å². The molecule has 0 atom stereocenters. The van der Waals surface area contributed by atoms with E-state index in [0.29, 0.717) is 0 Å². The Labute approximate surface area is 98.2 Å². The smallest absolute Gasteiger partial charge is 0.118 e. The molecule has 4 heteroatoms. The van der Waals surface area contributed by atoms with E-state index < -0.39 is 0 Å². The molecule has 0 aliphatic rings. The minimum Gasteiger partial charge on any atom is -0.468 e. The number of rotatable bonds is 7. The predicted octanol–water partition coefficient (Wildman–Crippen LogP) is 0.992. The van der Waals surface area contributed by atoms with Crippen molar-refractivity contribution >= 4 is 0 Å². The van der Waals surface area contributed by atoms with Crippen LogP contribution in [-0.4, -0.2) is 51.1 Å². The van der Waals surface area contributed by atoms with E-state index in [1.54, 1.807) is 0 Å². The Morgan fingerprint density at radius 3 is 2.62 bits per heavy atom. The molecule has 4 nitrogen and oxygen atoms in total. The van der Waals surface area contributed by atoms with Crippen LogP contribution in [0.3, 0.4) is 0 Å². The van der Waals surface area contributed by atoms with Gasteiger partial charge < -0.3 is 14.6 Å². The van der Waals surface area contributed by atoms with E-state index in [4.69, 9.17) is 4.42 Å². The average molecular weight is 225 g/mol. The van der Waals surface area contributed by atoms with Crippen LogP contribution in [0.1, 0.15) is 11.3 Å². The Hall–Kier alpha value is -0.840. The lowest BCUT2D eigenvalue weighted by atomic mass is 10.3. The lowest BCUT2D eigenvalue weighted by Gasteiger charge is -2.17. The van der Waals surface area contributed by atoms with Gasteiger partial charge in [0.2, 0.25) is 0 Å². The zero-order chi connectivity index (χ0) is 12.0. The zero-order valence-corrected chi connectivity index (χ0v) is 10.8. The van der Waals surface area contributed by atoms with Gasteiger partial charge in [-0.25, -0.2) is 0 Å². The van der Waals surface area contributed by atoms with Gasteiger partial charge in [0, 0.05) is 25.2 Å². The summed E-state index contributed by atoms with van der Waals surface area (Å²) in [5.41, 5.74) is 1.21. The van der Waals surface area contributed by atoms with Gasteiger partial charge in [0.1, 0.15) is 5.76 Å². The van der Waals surface area contributed by atoms with Crippen molar-refractivity contribution in [3.8, 4) is 0 Å². The normalized spacial score (nSPS) is 11.6. The van der Waals surface area contributed by atoms with Gasteiger partial charge in [-0.05, 0) is 34.3 Å². The molecule has 92 valence electrons. The monoisotopic (exact) mass is 225 g/mol. The van der Waals surface area contributed by atoms with Crippen LogP contribution in [-0.2, 0) is 13.1 Å². The summed E-state index contributed by atoms with van der Waals surface area (Å²) in [4.78, 5) is 4.45. The predicted molar refractivity (Wildman–Crippen MR) is 66.4 cm³/mol. The first kappa shape index (κ1) is 13.2. The van der Waals surface area contributed by atoms with Crippen molar-refractivity contribution in [1.29, 1.82) is 0 Å². The molecule has 1 rings (SSSR count). The van der Waals surface area contributed by atoms with E-state index in [1.165, 1.54) is 5.56 Å². The molecule has 0 saturated heterocycles. The van der Waals surface area contributed by atoms with Gasteiger partial charge in [-0.15, -0.1) is 0 Å². The molecule has 0 radical (unpaired) electrons. The van der Waals surface area contributed by atoms with Crippen molar-refractivity contribution in [2.45, 2.75) is 13.1 Å². The van der Waals surface area contributed by atoms with Crippen molar-refractivity contribution in [1.82, 2.24) is 15.1 Å². The van der Waals surface area contributed by atoms with Gasteiger partial charge in [-0.1, -0.05) is 0 Å². The minimum absolute atomic E-state index is 0.866. The van der Waals surface area contributed by atoms with Gasteiger partial charge in [0.05, 0.1) is 12.8 Å². The number of nitrogens with one attached hydrogen (secondary N) is 1. The molecule has 0 aliphatic carbocycles. The van der Waals surface area contributed by atoms with Gasteiger partial charge in [-0.2, -0.15) is 0 Å². The van der Waals surface area contributed by atoms with Crippen molar-refractivity contribution in [3.05, 3.63) is 23.7 Å². The van der Waals surface area contributed by atoms with Crippen LogP contribution in [0.4, 0.5) is 0 Å². The van der Waals surface area contributed by atoms with Gasteiger partial charge >= 0.3 is 0 Å². The summed E-state index contributed by atoms with van der Waals surface area (Å²) in [5.74, 6) is 1.03. The molecule has 0 bridgehead atoms. The van der Waals surface area contributed by atoms with Gasteiger partial charge in [0.15, 0.2) is 0 Å². The van der Waals surface area contributed by atoms with E-state index >= 15 is 0 Å². The van der Waals surface area contributed by atoms with E-state index in [0.717, 1.165) is 31.9 Å². The molecule has 1 N–H and O–H groups in total. The van der Waals surface area contributed by atoms with Crippen LogP contribution in [0.25, 0.3) is 0 Å². The summed E-state index contributed by atoms with van der Waals surface area (Å²) in [7, 11) is 8.23. The average Bonchev–Trinajstić information content (AvgIpc) is 2.63. The van der Waals surface area contributed by atoms with Crippen molar-refractivity contribution in [2.75, 3.05) is 41.3 Å². The molecular formula is C12H23N3O. The highest BCUT2D eigenvalue weighted by molar-refractivity contribution is 5.12. The lowest BCUT2D eigenvalue weighted by Crippen LogP contribution is -2.28. The molecule has 1 aromatic rings. The van der Waals surface area contributed by atoms with Crippen molar-refractivity contribution in [2.24, 2.45) is 0 Å². The first-order valence-corrected chi connectivity index (χ1v) is 5.66. The molecular weight excluding hydrogens is 202 g/mol. The Morgan fingerprint density at radius 2 is 2.00 bits per heavy atom. The molecule has 16 heavy (non-hydrogen) atoms. The number of furan rings is 1. The third-order valence-corrected chi connectivity index (χ3v) is 2.44. The molecule has 0 amide bonds. The maximum Gasteiger partial charge on any atom is 0.118 e. The number of hydrogen-bond acceptors (Lipinski definition) is 4. The van der Waals surface area contributed by atoms with Crippen molar-refractivity contribution in [3.63, 3.8) is 0 Å². The van der Waals surface area contributed by atoms with Crippen molar-refractivity contribution < 1.29 is 4.42 Å². The fourth-order valence-corrected chi connectivity index (χ4v) is 1.52. The molecule has 0 spiro atoms. The Kier molecular flexibility index (Phi) is 5.52. The van der Waals surface area contributed by atoms with E-state index in [9.17, 15) is 0 Å². The third-order valence-electron chi connectivity index (χ3n) is 2.44. The lowest BCUT2D eigenvalue weighted by molar-refractivity contribution is 0.258. The quantitative estimate of drug-likeness (QED) is 0.750. The summed E-state index contributed by atoms with van der Waals surface area (Å²) in [6.45, 7) is 3.86. The fourth-order valence-electron chi connectivity index (χ4n) is 1.52.